The van der Waals surface area contributed by atoms with Gasteiger partial charge < -0.3 is 5.32 Å². The number of hydrogen-bond donors (Lipinski definition) is 1. The van der Waals surface area contributed by atoms with E-state index in [2.05, 4.69) is 21.2 Å². The molecular weight excluding hydrogens is 343 g/mol. The number of hydrogen-bond acceptors (Lipinski definition) is 3. The Balaban J connectivity index is 2.04. The van der Waals surface area contributed by atoms with Crippen molar-refractivity contribution in [2.24, 2.45) is 0 Å². The van der Waals surface area contributed by atoms with Crippen LogP contribution in [0.25, 0.3) is 0 Å². The smallest absolute Gasteiger partial charge is 0.269 e. The molecule has 0 fully saturated rings. The van der Waals surface area contributed by atoms with E-state index < -0.39 is 16.6 Å². The van der Waals surface area contributed by atoms with E-state index in [1.165, 1.54) is 36.4 Å². The molecule has 0 aromatic heterocycles. The third-order valence-corrected chi connectivity index (χ3v) is 3.21. The summed E-state index contributed by atoms with van der Waals surface area (Å²) in [5.41, 5.74) is 0.621. The van der Waals surface area contributed by atoms with Crippen molar-refractivity contribution in [3.05, 3.63) is 68.4 Å². The minimum Gasteiger partial charge on any atom is -0.326 e. The van der Waals surface area contributed by atoms with E-state index in [-0.39, 0.29) is 17.7 Å². The molecule has 0 saturated heterocycles. The van der Waals surface area contributed by atoms with Crippen LogP contribution in [0.4, 0.5) is 15.8 Å². The van der Waals surface area contributed by atoms with Crippen LogP contribution in [-0.4, -0.2) is 10.8 Å². The minimum absolute atomic E-state index is 0.0639. The van der Waals surface area contributed by atoms with Crippen molar-refractivity contribution in [2.45, 2.75) is 6.42 Å². The van der Waals surface area contributed by atoms with Crippen LogP contribution >= 0.6 is 15.9 Å². The topological polar surface area (TPSA) is 72.2 Å². The van der Waals surface area contributed by atoms with Crippen molar-refractivity contribution in [1.29, 1.82) is 0 Å². The molecule has 0 radical (unpaired) electrons. The number of carbonyl (C=O) groups excluding carboxylic acids is 1. The van der Waals surface area contributed by atoms with Gasteiger partial charge in [0, 0.05) is 22.3 Å². The Labute approximate surface area is 128 Å². The molecule has 0 spiro atoms. The van der Waals surface area contributed by atoms with Gasteiger partial charge in [0.15, 0.2) is 0 Å². The average Bonchev–Trinajstić information content (AvgIpc) is 2.43. The SMILES string of the molecule is O=C(Cc1cc(Br)ccc1F)Nc1ccc([N+](=O)[O-])cc1. The van der Waals surface area contributed by atoms with Crippen molar-refractivity contribution < 1.29 is 14.1 Å². The first-order chi connectivity index (χ1) is 9.95. The Hall–Kier alpha value is -2.28. The van der Waals surface area contributed by atoms with Crippen molar-refractivity contribution in [3.8, 4) is 0 Å². The second-order valence-electron chi connectivity index (χ2n) is 4.26. The van der Waals surface area contributed by atoms with Gasteiger partial charge in [-0.05, 0) is 35.9 Å². The van der Waals surface area contributed by atoms with E-state index in [9.17, 15) is 19.3 Å². The number of nitro benzene ring substituents is 1. The van der Waals surface area contributed by atoms with E-state index in [1.807, 2.05) is 0 Å². The van der Waals surface area contributed by atoms with Gasteiger partial charge in [0.05, 0.1) is 11.3 Å². The van der Waals surface area contributed by atoms with Gasteiger partial charge in [0.25, 0.3) is 5.69 Å². The molecule has 0 aliphatic carbocycles. The average molecular weight is 353 g/mol. The maximum atomic E-state index is 13.5. The number of carbonyl (C=O) groups is 1. The van der Waals surface area contributed by atoms with E-state index in [0.717, 1.165) is 0 Å². The first-order valence-electron chi connectivity index (χ1n) is 5.94. The second-order valence-corrected chi connectivity index (χ2v) is 5.18. The lowest BCUT2D eigenvalue weighted by atomic mass is 10.1. The first kappa shape index (κ1) is 15.1. The molecule has 0 aliphatic rings. The lowest BCUT2D eigenvalue weighted by molar-refractivity contribution is -0.384. The summed E-state index contributed by atoms with van der Waals surface area (Å²) in [5, 5.41) is 13.1. The van der Waals surface area contributed by atoms with Crippen LogP contribution in [-0.2, 0) is 11.2 Å². The maximum absolute atomic E-state index is 13.5. The summed E-state index contributed by atoms with van der Waals surface area (Å²) < 4.78 is 14.2. The molecule has 0 aliphatic heterocycles. The third-order valence-electron chi connectivity index (χ3n) is 2.72. The molecule has 7 heteroatoms. The van der Waals surface area contributed by atoms with Gasteiger partial charge in [0.1, 0.15) is 5.82 Å². The summed E-state index contributed by atoms with van der Waals surface area (Å²) in [4.78, 5) is 21.8. The van der Waals surface area contributed by atoms with Gasteiger partial charge in [-0.1, -0.05) is 15.9 Å². The molecule has 0 unspecified atom stereocenters. The van der Waals surface area contributed by atoms with E-state index in [4.69, 9.17) is 0 Å². The molecule has 5 nitrogen and oxygen atoms in total. The molecule has 108 valence electrons. The normalized spacial score (nSPS) is 10.2. The first-order valence-corrected chi connectivity index (χ1v) is 6.73. The molecule has 2 aromatic carbocycles. The Morgan fingerprint density at radius 3 is 2.52 bits per heavy atom. The van der Waals surface area contributed by atoms with Gasteiger partial charge in [-0.15, -0.1) is 0 Å². The largest absolute Gasteiger partial charge is 0.326 e. The number of non-ortho nitro benzene ring substituents is 1. The van der Waals surface area contributed by atoms with Crippen LogP contribution in [0.2, 0.25) is 0 Å². The van der Waals surface area contributed by atoms with Crippen LogP contribution in [0.15, 0.2) is 46.9 Å². The zero-order chi connectivity index (χ0) is 15.4. The van der Waals surface area contributed by atoms with E-state index in [1.54, 1.807) is 6.07 Å². The summed E-state index contributed by atoms with van der Waals surface area (Å²) in [6, 6.07) is 9.78. The summed E-state index contributed by atoms with van der Waals surface area (Å²) in [6.45, 7) is 0. The quantitative estimate of drug-likeness (QED) is 0.673. The predicted molar refractivity (Wildman–Crippen MR) is 79.5 cm³/mol. The van der Waals surface area contributed by atoms with Gasteiger partial charge in [-0.2, -0.15) is 0 Å². The van der Waals surface area contributed by atoms with Crippen molar-refractivity contribution in [3.63, 3.8) is 0 Å². The predicted octanol–water partition coefficient (Wildman–Crippen LogP) is 3.68. The van der Waals surface area contributed by atoms with E-state index in [0.29, 0.717) is 10.2 Å². The van der Waals surface area contributed by atoms with Crippen molar-refractivity contribution >= 4 is 33.2 Å². The maximum Gasteiger partial charge on any atom is 0.269 e. The molecule has 2 aromatic rings. The highest BCUT2D eigenvalue weighted by Gasteiger charge is 2.10. The van der Waals surface area contributed by atoms with Crippen LogP contribution in [0, 0.1) is 15.9 Å². The zero-order valence-corrected chi connectivity index (χ0v) is 12.3. The molecule has 0 heterocycles. The highest BCUT2D eigenvalue weighted by atomic mass is 79.9. The van der Waals surface area contributed by atoms with Crippen LogP contribution in [0.3, 0.4) is 0 Å². The lowest BCUT2D eigenvalue weighted by Gasteiger charge is -2.06. The number of nitrogens with zero attached hydrogens (tertiary/aromatic N) is 1. The van der Waals surface area contributed by atoms with Crippen molar-refractivity contribution in [1.82, 2.24) is 0 Å². The highest BCUT2D eigenvalue weighted by Crippen LogP contribution is 2.18. The number of benzene rings is 2. The van der Waals surface area contributed by atoms with Gasteiger partial charge >= 0.3 is 0 Å². The molecule has 0 bridgehead atoms. The number of halogens is 2. The molecule has 0 saturated carbocycles. The Bertz CT molecular complexity index is 689. The summed E-state index contributed by atoms with van der Waals surface area (Å²) >= 11 is 3.21. The second kappa shape index (κ2) is 6.45. The fraction of sp³-hybridized carbons (Fsp3) is 0.0714. The summed E-state index contributed by atoms with van der Waals surface area (Å²) in [5.74, 6) is -0.863. The molecule has 21 heavy (non-hydrogen) atoms. The molecule has 1 N–H and O–H groups in total. The Morgan fingerprint density at radius 1 is 1.24 bits per heavy atom. The molecule has 0 atom stereocenters. The fourth-order valence-electron chi connectivity index (χ4n) is 1.72. The standard InChI is InChI=1S/C14H10BrFN2O3/c15-10-1-6-13(16)9(7-10)8-14(19)17-11-2-4-12(5-3-11)18(20)21/h1-7H,8H2,(H,17,19). The minimum atomic E-state index is -0.525. The van der Waals surface area contributed by atoms with Crippen LogP contribution in [0.1, 0.15) is 5.56 Å². The van der Waals surface area contributed by atoms with Gasteiger partial charge in [-0.25, -0.2) is 4.39 Å². The van der Waals surface area contributed by atoms with Gasteiger partial charge in [0.2, 0.25) is 5.91 Å². The van der Waals surface area contributed by atoms with Crippen LogP contribution < -0.4 is 5.32 Å². The monoisotopic (exact) mass is 352 g/mol. The Morgan fingerprint density at radius 2 is 1.90 bits per heavy atom. The number of rotatable bonds is 4. The number of nitrogens with one attached hydrogen (secondary N) is 1. The van der Waals surface area contributed by atoms with Crippen molar-refractivity contribution in [2.75, 3.05) is 5.32 Å². The molecule has 2 rings (SSSR count). The molecular formula is C14H10BrFN2O3. The fourth-order valence-corrected chi connectivity index (χ4v) is 2.13. The summed E-state index contributed by atoms with van der Waals surface area (Å²) in [7, 11) is 0. The van der Waals surface area contributed by atoms with E-state index >= 15 is 0 Å². The lowest BCUT2D eigenvalue weighted by Crippen LogP contribution is -2.15. The highest BCUT2D eigenvalue weighted by molar-refractivity contribution is 9.10. The van der Waals surface area contributed by atoms with Gasteiger partial charge in [-0.3, -0.25) is 14.9 Å². The Kier molecular flexibility index (Phi) is 4.64. The number of nitro groups is 1. The third kappa shape index (κ3) is 4.09. The summed E-state index contributed by atoms with van der Waals surface area (Å²) in [6.07, 6.45) is -0.123. The number of anilines is 1. The van der Waals surface area contributed by atoms with Crippen LogP contribution in [0.5, 0.6) is 0 Å². The number of amides is 1. The molecule has 1 amide bonds. The zero-order valence-electron chi connectivity index (χ0n) is 10.7.